The molecule has 0 bridgehead atoms. The van der Waals surface area contributed by atoms with Gasteiger partial charge < -0.3 is 15.3 Å². The molecular weight excluding hydrogens is 480 g/mol. The maximum atomic E-state index is 13.5. The summed E-state index contributed by atoms with van der Waals surface area (Å²) in [5.74, 6) is -2.33. The van der Waals surface area contributed by atoms with E-state index in [2.05, 4.69) is 10.3 Å². The van der Waals surface area contributed by atoms with Crippen LogP contribution in [0.3, 0.4) is 0 Å². The number of aromatic nitrogens is 1. The van der Waals surface area contributed by atoms with Gasteiger partial charge in [0.05, 0.1) is 22.2 Å². The van der Waals surface area contributed by atoms with Gasteiger partial charge in [0.25, 0.3) is 11.8 Å². The summed E-state index contributed by atoms with van der Waals surface area (Å²) in [4.78, 5) is 59.3. The second kappa shape index (κ2) is 10.3. The Balaban J connectivity index is 1.45. The summed E-state index contributed by atoms with van der Waals surface area (Å²) in [6.45, 7) is 7.20. The molecule has 1 saturated heterocycles. The predicted octanol–water partition coefficient (Wildman–Crippen LogP) is 2.04. The Kier molecular flexibility index (Phi) is 7.37. The highest BCUT2D eigenvalue weighted by molar-refractivity contribution is 7.13. The van der Waals surface area contributed by atoms with Crippen molar-refractivity contribution < 1.29 is 24.3 Å². The van der Waals surface area contributed by atoms with Crippen LogP contribution in [0, 0.1) is 12.8 Å². The van der Waals surface area contributed by atoms with Gasteiger partial charge in [-0.3, -0.25) is 24.1 Å². The zero-order valence-corrected chi connectivity index (χ0v) is 21.5. The lowest BCUT2D eigenvalue weighted by atomic mass is 10.00. The van der Waals surface area contributed by atoms with Crippen LogP contribution < -0.4 is 5.32 Å². The number of nitrogens with zero attached hydrogens (tertiary/aromatic N) is 3. The SMILES string of the molecule is CC1=CC(=O)N([C@H](C(=O)N2C[C@H](O)C[C@H]2C(=O)NCc2ccc(-c3scnc3C)cc2)C(C)C)C1=O. The van der Waals surface area contributed by atoms with E-state index in [0.29, 0.717) is 0 Å². The first-order valence-electron chi connectivity index (χ1n) is 11.9. The van der Waals surface area contributed by atoms with Gasteiger partial charge in [-0.2, -0.15) is 0 Å². The van der Waals surface area contributed by atoms with Gasteiger partial charge in [-0.05, 0) is 30.9 Å². The topological polar surface area (TPSA) is 120 Å². The molecule has 0 saturated carbocycles. The minimum atomic E-state index is -1.05. The molecule has 9 nitrogen and oxygen atoms in total. The number of carbonyl (C=O) groups is 4. The molecule has 2 aliphatic heterocycles. The van der Waals surface area contributed by atoms with Gasteiger partial charge in [0.15, 0.2) is 0 Å². The minimum absolute atomic E-state index is 0.0360. The van der Waals surface area contributed by atoms with E-state index in [1.54, 1.807) is 30.7 Å². The number of likely N-dealkylation sites (tertiary alicyclic amines) is 1. The van der Waals surface area contributed by atoms with Crippen LogP contribution in [0.5, 0.6) is 0 Å². The molecule has 0 spiro atoms. The third-order valence-electron chi connectivity index (χ3n) is 6.59. The molecular formula is C26H30N4O5S. The van der Waals surface area contributed by atoms with E-state index in [1.165, 1.54) is 17.9 Å². The maximum absolute atomic E-state index is 13.5. The molecule has 1 aromatic heterocycles. The predicted molar refractivity (Wildman–Crippen MR) is 134 cm³/mol. The van der Waals surface area contributed by atoms with Crippen molar-refractivity contribution in [2.45, 2.75) is 58.8 Å². The second-order valence-corrected chi connectivity index (χ2v) is 10.5. The van der Waals surface area contributed by atoms with E-state index in [9.17, 15) is 24.3 Å². The number of amides is 4. The third-order valence-corrected chi connectivity index (χ3v) is 7.57. The van der Waals surface area contributed by atoms with E-state index in [-0.39, 0.29) is 31.0 Å². The number of β-amino-alcohol motifs (C(OH)–C–C–N with tert-alkyl or cyclic N) is 1. The van der Waals surface area contributed by atoms with Gasteiger partial charge in [0.1, 0.15) is 12.1 Å². The number of aliphatic hydroxyl groups is 1. The Morgan fingerprint density at radius 2 is 1.89 bits per heavy atom. The van der Waals surface area contributed by atoms with Crippen molar-refractivity contribution in [3.8, 4) is 10.4 Å². The first-order chi connectivity index (χ1) is 17.1. The van der Waals surface area contributed by atoms with Crippen LogP contribution in [0.25, 0.3) is 10.4 Å². The average Bonchev–Trinajstić information content (AvgIpc) is 3.51. The van der Waals surface area contributed by atoms with E-state index in [4.69, 9.17) is 0 Å². The average molecular weight is 511 g/mol. The van der Waals surface area contributed by atoms with Crippen molar-refractivity contribution in [2.75, 3.05) is 6.54 Å². The molecule has 10 heteroatoms. The number of carbonyl (C=O) groups excluding carboxylic acids is 4. The van der Waals surface area contributed by atoms with Crippen LogP contribution in [0.2, 0.25) is 0 Å². The number of hydrogen-bond donors (Lipinski definition) is 2. The monoisotopic (exact) mass is 510 g/mol. The minimum Gasteiger partial charge on any atom is -0.391 e. The van der Waals surface area contributed by atoms with Crippen molar-refractivity contribution in [2.24, 2.45) is 5.92 Å². The Morgan fingerprint density at radius 3 is 2.44 bits per heavy atom. The fourth-order valence-electron chi connectivity index (χ4n) is 4.70. The highest BCUT2D eigenvalue weighted by atomic mass is 32.1. The molecule has 36 heavy (non-hydrogen) atoms. The molecule has 1 aromatic carbocycles. The van der Waals surface area contributed by atoms with Crippen molar-refractivity contribution >= 4 is 35.0 Å². The fourth-order valence-corrected chi connectivity index (χ4v) is 5.51. The smallest absolute Gasteiger partial charge is 0.257 e. The van der Waals surface area contributed by atoms with Crippen molar-refractivity contribution in [1.29, 1.82) is 0 Å². The van der Waals surface area contributed by atoms with E-state index in [1.807, 2.05) is 31.2 Å². The zero-order chi connectivity index (χ0) is 26.1. The molecule has 4 amide bonds. The van der Waals surface area contributed by atoms with Crippen LogP contribution in [-0.2, 0) is 25.7 Å². The number of imide groups is 1. The van der Waals surface area contributed by atoms with Gasteiger partial charge in [-0.15, -0.1) is 11.3 Å². The van der Waals surface area contributed by atoms with Crippen LogP contribution in [0.1, 0.15) is 38.4 Å². The zero-order valence-electron chi connectivity index (χ0n) is 20.7. The van der Waals surface area contributed by atoms with Crippen LogP contribution in [0.15, 0.2) is 41.4 Å². The van der Waals surface area contributed by atoms with E-state index < -0.39 is 41.8 Å². The number of benzene rings is 1. The Hall–Kier alpha value is -3.37. The molecule has 3 atom stereocenters. The van der Waals surface area contributed by atoms with E-state index in [0.717, 1.165) is 26.6 Å². The molecule has 0 aliphatic carbocycles. The number of thiazole rings is 1. The van der Waals surface area contributed by atoms with Crippen molar-refractivity contribution in [1.82, 2.24) is 20.1 Å². The largest absolute Gasteiger partial charge is 0.391 e. The molecule has 1 fully saturated rings. The van der Waals surface area contributed by atoms with Gasteiger partial charge >= 0.3 is 0 Å². The molecule has 2 aromatic rings. The van der Waals surface area contributed by atoms with Gasteiger partial charge in [-0.25, -0.2) is 4.98 Å². The summed E-state index contributed by atoms with van der Waals surface area (Å²) in [5, 5.41) is 13.2. The van der Waals surface area contributed by atoms with Gasteiger partial charge in [-0.1, -0.05) is 38.1 Å². The quantitative estimate of drug-likeness (QED) is 0.550. The van der Waals surface area contributed by atoms with Crippen LogP contribution in [0.4, 0.5) is 0 Å². The summed E-state index contributed by atoms with van der Waals surface area (Å²) in [5.41, 5.74) is 4.98. The normalized spacial score (nSPS) is 20.8. The first kappa shape index (κ1) is 25.7. The number of aryl methyl sites for hydroxylation is 1. The lowest BCUT2D eigenvalue weighted by Crippen LogP contribution is -2.56. The molecule has 190 valence electrons. The molecule has 0 radical (unpaired) electrons. The summed E-state index contributed by atoms with van der Waals surface area (Å²) < 4.78 is 0. The lowest BCUT2D eigenvalue weighted by molar-refractivity contribution is -0.153. The van der Waals surface area contributed by atoms with E-state index >= 15 is 0 Å². The highest BCUT2D eigenvalue weighted by Gasteiger charge is 2.46. The van der Waals surface area contributed by atoms with Crippen molar-refractivity contribution in [3.05, 3.63) is 52.7 Å². The Morgan fingerprint density at radius 1 is 1.19 bits per heavy atom. The third kappa shape index (κ3) is 4.96. The first-order valence-corrected chi connectivity index (χ1v) is 12.8. The molecule has 0 unspecified atom stereocenters. The Labute approximate surface area is 213 Å². The summed E-state index contributed by atoms with van der Waals surface area (Å²) in [6, 6.07) is 5.86. The summed E-state index contributed by atoms with van der Waals surface area (Å²) >= 11 is 1.57. The summed E-state index contributed by atoms with van der Waals surface area (Å²) in [7, 11) is 0. The maximum Gasteiger partial charge on any atom is 0.257 e. The molecule has 2 N–H and O–H groups in total. The standard InChI is InChI=1S/C26H30N4O5S/c1-14(2)22(30-21(32)9-15(3)25(30)34)26(35)29-12-19(31)10-20(29)24(33)27-11-17-5-7-18(8-6-17)23-16(4)28-13-36-23/h5-9,13-14,19-20,22,31H,10-12H2,1-4H3,(H,27,33)/t19-,20+,22+/m1/s1. The number of rotatable bonds is 7. The Bertz CT molecular complexity index is 1220. The van der Waals surface area contributed by atoms with Crippen molar-refractivity contribution in [3.63, 3.8) is 0 Å². The van der Waals surface area contributed by atoms with Crippen LogP contribution in [-0.4, -0.2) is 68.3 Å². The molecule has 4 rings (SSSR count). The van der Waals surface area contributed by atoms with Crippen LogP contribution >= 0.6 is 11.3 Å². The number of hydrogen-bond acceptors (Lipinski definition) is 7. The lowest BCUT2D eigenvalue weighted by Gasteiger charge is -2.34. The molecule has 3 heterocycles. The van der Waals surface area contributed by atoms with Gasteiger partial charge in [0, 0.05) is 31.2 Å². The molecule has 2 aliphatic rings. The number of aliphatic hydroxyl groups excluding tert-OH is 1. The fraction of sp³-hybridized carbons (Fsp3) is 0.423. The number of nitrogens with one attached hydrogen (secondary N) is 1. The second-order valence-electron chi connectivity index (χ2n) is 9.61. The summed E-state index contributed by atoms with van der Waals surface area (Å²) in [6.07, 6.45) is 0.435. The highest BCUT2D eigenvalue weighted by Crippen LogP contribution is 2.28. The van der Waals surface area contributed by atoms with Gasteiger partial charge in [0.2, 0.25) is 11.8 Å².